The van der Waals surface area contributed by atoms with E-state index in [4.69, 9.17) is 10.9 Å². The Balaban J connectivity index is 1.95. The third kappa shape index (κ3) is 3.97. The van der Waals surface area contributed by atoms with E-state index < -0.39 is 0 Å². The van der Waals surface area contributed by atoms with E-state index in [0.717, 1.165) is 31.5 Å². The number of nitrogens with two attached hydrogens (primary N) is 1. The molecule has 0 spiro atoms. The van der Waals surface area contributed by atoms with Crippen molar-refractivity contribution in [1.29, 1.82) is 0 Å². The second-order valence-electron chi connectivity index (χ2n) is 5.67. The zero-order valence-corrected chi connectivity index (χ0v) is 12.5. The van der Waals surface area contributed by atoms with E-state index in [1.165, 1.54) is 6.42 Å². The standard InChI is InChI=1S/C16H23N3O2/c1-12(16(20)19-9-3-2-4-10-19)11-13-5-7-14(8-6-13)15(17)18-21/h5-8,12,21H,2-4,9-11H2,1H3,(H2,17,18)/t12-/m1/s1. The molecule has 21 heavy (non-hydrogen) atoms. The minimum absolute atomic E-state index is 0.0159. The van der Waals surface area contributed by atoms with Gasteiger partial charge in [0, 0.05) is 24.6 Å². The van der Waals surface area contributed by atoms with E-state index in [1.54, 1.807) is 0 Å². The van der Waals surface area contributed by atoms with Crippen LogP contribution in [0, 0.1) is 5.92 Å². The number of benzene rings is 1. The summed E-state index contributed by atoms with van der Waals surface area (Å²) in [4.78, 5) is 14.4. The number of carbonyl (C=O) groups is 1. The highest BCUT2D eigenvalue weighted by Crippen LogP contribution is 2.16. The van der Waals surface area contributed by atoms with Crippen molar-refractivity contribution in [1.82, 2.24) is 4.90 Å². The fourth-order valence-corrected chi connectivity index (χ4v) is 2.74. The molecule has 3 N–H and O–H groups in total. The molecule has 1 fully saturated rings. The molecule has 1 atom stereocenters. The van der Waals surface area contributed by atoms with Gasteiger partial charge in [0.05, 0.1) is 0 Å². The van der Waals surface area contributed by atoms with Crippen molar-refractivity contribution in [2.24, 2.45) is 16.8 Å². The molecule has 1 amide bonds. The second-order valence-corrected chi connectivity index (χ2v) is 5.67. The predicted octanol–water partition coefficient (Wildman–Crippen LogP) is 1.97. The molecule has 1 aliphatic heterocycles. The van der Waals surface area contributed by atoms with Crippen LogP contribution < -0.4 is 5.73 Å². The van der Waals surface area contributed by atoms with Crippen LogP contribution in [-0.4, -0.2) is 34.9 Å². The van der Waals surface area contributed by atoms with Gasteiger partial charge in [-0.3, -0.25) is 4.79 Å². The summed E-state index contributed by atoms with van der Waals surface area (Å²) >= 11 is 0. The van der Waals surface area contributed by atoms with Crippen molar-refractivity contribution in [2.75, 3.05) is 13.1 Å². The number of rotatable bonds is 4. The number of amidine groups is 1. The average molecular weight is 289 g/mol. The first-order valence-electron chi connectivity index (χ1n) is 7.47. The lowest BCUT2D eigenvalue weighted by Gasteiger charge is -2.29. The highest BCUT2D eigenvalue weighted by molar-refractivity contribution is 5.96. The highest BCUT2D eigenvalue weighted by Gasteiger charge is 2.22. The van der Waals surface area contributed by atoms with E-state index in [-0.39, 0.29) is 17.7 Å². The van der Waals surface area contributed by atoms with Crippen LogP contribution in [0.15, 0.2) is 29.4 Å². The molecule has 0 aliphatic carbocycles. The van der Waals surface area contributed by atoms with Crippen LogP contribution >= 0.6 is 0 Å². The van der Waals surface area contributed by atoms with Gasteiger partial charge in [-0.15, -0.1) is 0 Å². The predicted molar refractivity (Wildman–Crippen MR) is 82.3 cm³/mol. The van der Waals surface area contributed by atoms with Crippen molar-refractivity contribution < 1.29 is 10.0 Å². The number of amides is 1. The van der Waals surface area contributed by atoms with Crippen molar-refractivity contribution in [3.05, 3.63) is 35.4 Å². The SMILES string of the molecule is C[C@H](Cc1ccc(/C(N)=N/O)cc1)C(=O)N1CCCCC1. The summed E-state index contributed by atoms with van der Waals surface area (Å²) in [5.41, 5.74) is 7.29. The molecule has 0 aromatic heterocycles. The number of oxime groups is 1. The van der Waals surface area contributed by atoms with Crippen LogP contribution in [-0.2, 0) is 11.2 Å². The Labute approximate surface area is 125 Å². The van der Waals surface area contributed by atoms with Crippen LogP contribution in [0.3, 0.4) is 0 Å². The van der Waals surface area contributed by atoms with Crippen molar-refractivity contribution in [3.8, 4) is 0 Å². The van der Waals surface area contributed by atoms with Gasteiger partial charge >= 0.3 is 0 Å². The Morgan fingerprint density at radius 2 is 1.90 bits per heavy atom. The van der Waals surface area contributed by atoms with Crippen LogP contribution in [0.25, 0.3) is 0 Å². The van der Waals surface area contributed by atoms with E-state index in [1.807, 2.05) is 36.1 Å². The zero-order chi connectivity index (χ0) is 15.2. The fraction of sp³-hybridized carbons (Fsp3) is 0.500. The molecule has 0 radical (unpaired) electrons. The molecular weight excluding hydrogens is 266 g/mol. The lowest BCUT2D eigenvalue weighted by atomic mass is 9.97. The summed E-state index contributed by atoms with van der Waals surface area (Å²) in [7, 11) is 0. The first kappa shape index (κ1) is 15.4. The molecule has 2 rings (SSSR count). The third-order valence-electron chi connectivity index (χ3n) is 3.99. The number of hydrogen-bond acceptors (Lipinski definition) is 3. The number of nitrogens with zero attached hydrogens (tertiary/aromatic N) is 2. The van der Waals surface area contributed by atoms with E-state index >= 15 is 0 Å². The molecule has 1 aliphatic rings. The number of carbonyl (C=O) groups excluding carboxylic acids is 1. The summed E-state index contributed by atoms with van der Waals surface area (Å²) in [6.07, 6.45) is 4.18. The Morgan fingerprint density at radius 1 is 1.29 bits per heavy atom. The zero-order valence-electron chi connectivity index (χ0n) is 12.5. The van der Waals surface area contributed by atoms with Crippen LogP contribution in [0.5, 0.6) is 0 Å². The summed E-state index contributed by atoms with van der Waals surface area (Å²) in [6, 6.07) is 7.46. The maximum absolute atomic E-state index is 12.4. The van der Waals surface area contributed by atoms with Gasteiger partial charge in [-0.25, -0.2) is 0 Å². The average Bonchev–Trinajstić information content (AvgIpc) is 2.55. The molecule has 5 heteroatoms. The largest absolute Gasteiger partial charge is 0.409 e. The molecule has 114 valence electrons. The van der Waals surface area contributed by atoms with Gasteiger partial charge in [-0.1, -0.05) is 36.3 Å². The van der Waals surface area contributed by atoms with Gasteiger partial charge in [0.15, 0.2) is 5.84 Å². The molecule has 0 bridgehead atoms. The van der Waals surface area contributed by atoms with Crippen molar-refractivity contribution >= 4 is 11.7 Å². The summed E-state index contributed by atoms with van der Waals surface area (Å²) in [5, 5.41) is 11.6. The topological polar surface area (TPSA) is 78.9 Å². The van der Waals surface area contributed by atoms with Gasteiger partial charge < -0.3 is 15.8 Å². The first-order valence-corrected chi connectivity index (χ1v) is 7.47. The van der Waals surface area contributed by atoms with Crippen molar-refractivity contribution in [3.63, 3.8) is 0 Å². The van der Waals surface area contributed by atoms with Gasteiger partial charge in [-0.2, -0.15) is 0 Å². The Bertz CT molecular complexity index is 505. The van der Waals surface area contributed by atoms with Gasteiger partial charge in [0.2, 0.25) is 5.91 Å². The summed E-state index contributed by atoms with van der Waals surface area (Å²) in [5.74, 6) is 0.326. The van der Waals surface area contributed by atoms with Crippen molar-refractivity contribution in [2.45, 2.75) is 32.6 Å². The highest BCUT2D eigenvalue weighted by atomic mass is 16.4. The Morgan fingerprint density at radius 3 is 2.48 bits per heavy atom. The molecule has 0 saturated carbocycles. The first-order chi connectivity index (χ1) is 10.1. The minimum Gasteiger partial charge on any atom is -0.409 e. The van der Waals surface area contributed by atoms with Crippen LogP contribution in [0.1, 0.15) is 37.3 Å². The smallest absolute Gasteiger partial charge is 0.225 e. The molecule has 1 aromatic rings. The van der Waals surface area contributed by atoms with E-state index in [2.05, 4.69) is 5.16 Å². The molecular formula is C16H23N3O2. The lowest BCUT2D eigenvalue weighted by Crippen LogP contribution is -2.39. The van der Waals surface area contributed by atoms with Gasteiger partial charge in [-0.05, 0) is 31.2 Å². The summed E-state index contributed by atoms with van der Waals surface area (Å²) in [6.45, 7) is 3.77. The lowest BCUT2D eigenvalue weighted by molar-refractivity contribution is -0.135. The fourth-order valence-electron chi connectivity index (χ4n) is 2.74. The molecule has 1 aromatic carbocycles. The minimum atomic E-state index is -0.0159. The maximum atomic E-state index is 12.4. The molecule has 5 nitrogen and oxygen atoms in total. The monoisotopic (exact) mass is 289 g/mol. The Kier molecular flexibility index (Phi) is 5.20. The Hall–Kier alpha value is -2.04. The quantitative estimate of drug-likeness (QED) is 0.385. The van der Waals surface area contributed by atoms with Crippen LogP contribution in [0.4, 0.5) is 0 Å². The van der Waals surface area contributed by atoms with E-state index in [0.29, 0.717) is 12.0 Å². The molecule has 1 saturated heterocycles. The third-order valence-corrected chi connectivity index (χ3v) is 3.99. The van der Waals surface area contributed by atoms with Gasteiger partial charge in [0.1, 0.15) is 0 Å². The van der Waals surface area contributed by atoms with Gasteiger partial charge in [0.25, 0.3) is 0 Å². The number of piperidine rings is 1. The maximum Gasteiger partial charge on any atom is 0.225 e. The van der Waals surface area contributed by atoms with Crippen LogP contribution in [0.2, 0.25) is 0 Å². The number of hydrogen-bond donors (Lipinski definition) is 2. The normalized spacial score (nSPS) is 17.6. The molecule has 1 heterocycles. The van der Waals surface area contributed by atoms with E-state index in [9.17, 15) is 4.79 Å². The second kappa shape index (κ2) is 7.11. The molecule has 0 unspecified atom stereocenters. The summed E-state index contributed by atoms with van der Waals surface area (Å²) < 4.78 is 0. The number of likely N-dealkylation sites (tertiary alicyclic amines) is 1.